The zero-order valence-corrected chi connectivity index (χ0v) is 6.05. The molecule has 0 aliphatic rings. The number of hydrogen-bond acceptors (Lipinski definition) is 2. The number of carbonyl (C=O) groups excluding carboxylic acids is 1. The molecular formula is C5H8F3NO2. The molecule has 0 aromatic heterocycles. The van der Waals surface area contributed by atoms with Crippen LogP contribution in [0.1, 0.15) is 0 Å². The summed E-state index contributed by atoms with van der Waals surface area (Å²) in [5, 5.41) is 0. The van der Waals surface area contributed by atoms with Crippen LogP contribution in [0.15, 0.2) is 0 Å². The Morgan fingerprint density at radius 2 is 1.82 bits per heavy atom. The van der Waals surface area contributed by atoms with Gasteiger partial charge in [0.15, 0.2) is 0 Å². The molecule has 11 heavy (non-hydrogen) atoms. The first-order valence-corrected chi connectivity index (χ1v) is 2.75. The minimum absolute atomic E-state index is 0.856. The predicted molar refractivity (Wildman–Crippen MR) is 31.1 cm³/mol. The van der Waals surface area contributed by atoms with Crippen molar-refractivity contribution in [2.24, 2.45) is 0 Å². The van der Waals surface area contributed by atoms with E-state index >= 15 is 0 Å². The maximum atomic E-state index is 11.9. The second-order valence-corrected chi connectivity index (χ2v) is 1.96. The van der Waals surface area contributed by atoms with Crippen molar-refractivity contribution in [1.82, 2.24) is 4.90 Å². The van der Waals surface area contributed by atoms with E-state index in [0.717, 1.165) is 4.90 Å². The van der Waals surface area contributed by atoms with Gasteiger partial charge in [-0.05, 0) is 0 Å². The first-order chi connectivity index (χ1) is 4.95. The van der Waals surface area contributed by atoms with Gasteiger partial charge in [0, 0.05) is 14.1 Å². The fourth-order valence-electron chi connectivity index (χ4n) is 0.253. The molecule has 0 aromatic carbocycles. The molecule has 0 aliphatic heterocycles. The monoisotopic (exact) mass is 171 g/mol. The van der Waals surface area contributed by atoms with E-state index in [1.165, 1.54) is 14.1 Å². The highest BCUT2D eigenvalue weighted by atomic mass is 19.3. The molecule has 1 atom stereocenters. The van der Waals surface area contributed by atoms with Crippen molar-refractivity contribution in [3.8, 4) is 0 Å². The summed E-state index contributed by atoms with van der Waals surface area (Å²) in [6.07, 6.45) is -7.26. The van der Waals surface area contributed by atoms with Crippen molar-refractivity contribution >= 4 is 6.09 Å². The smallest absolute Gasteiger partial charge is 0.408 e. The molecule has 0 spiro atoms. The average Bonchev–Trinajstić information content (AvgIpc) is 1.87. The van der Waals surface area contributed by atoms with Crippen LogP contribution in [0.25, 0.3) is 0 Å². The standard InChI is InChI=1S/C5H8F3NO2/c1-9(2)5(10)11-4(8)3(6)7/h3-4H,1-2H3. The first kappa shape index (κ1) is 10.1. The Kier molecular flexibility index (Phi) is 3.70. The van der Waals surface area contributed by atoms with Crippen LogP contribution in [0.2, 0.25) is 0 Å². The maximum Gasteiger partial charge on any atom is 0.411 e. The lowest BCUT2D eigenvalue weighted by Gasteiger charge is -2.13. The zero-order chi connectivity index (χ0) is 9.02. The summed E-state index contributed by atoms with van der Waals surface area (Å²) in [5.74, 6) is 0. The molecule has 0 fully saturated rings. The number of nitrogens with zero attached hydrogens (tertiary/aromatic N) is 1. The summed E-state index contributed by atoms with van der Waals surface area (Å²) in [7, 11) is 2.53. The van der Waals surface area contributed by atoms with Gasteiger partial charge in [-0.15, -0.1) is 0 Å². The van der Waals surface area contributed by atoms with Crippen LogP contribution in [0.5, 0.6) is 0 Å². The molecule has 0 aromatic rings. The summed E-state index contributed by atoms with van der Waals surface area (Å²) in [4.78, 5) is 11.2. The highest BCUT2D eigenvalue weighted by molar-refractivity contribution is 5.66. The Morgan fingerprint density at radius 1 is 1.36 bits per heavy atom. The molecular weight excluding hydrogens is 163 g/mol. The number of alkyl halides is 3. The molecule has 0 bridgehead atoms. The molecule has 1 unspecified atom stereocenters. The molecule has 0 heterocycles. The van der Waals surface area contributed by atoms with Gasteiger partial charge in [-0.3, -0.25) is 0 Å². The molecule has 0 saturated heterocycles. The van der Waals surface area contributed by atoms with Crippen LogP contribution in [-0.2, 0) is 4.74 Å². The Hall–Kier alpha value is -0.940. The van der Waals surface area contributed by atoms with Gasteiger partial charge in [0.2, 0.25) is 0 Å². The van der Waals surface area contributed by atoms with Gasteiger partial charge < -0.3 is 9.64 Å². The lowest BCUT2D eigenvalue weighted by molar-refractivity contribution is -0.0960. The van der Waals surface area contributed by atoms with Crippen LogP contribution in [0, 0.1) is 0 Å². The summed E-state index contributed by atoms with van der Waals surface area (Å²) in [5.41, 5.74) is 0. The molecule has 0 saturated carbocycles. The van der Waals surface area contributed by atoms with E-state index in [1.807, 2.05) is 0 Å². The second-order valence-electron chi connectivity index (χ2n) is 1.96. The van der Waals surface area contributed by atoms with Crippen LogP contribution >= 0.6 is 0 Å². The average molecular weight is 171 g/mol. The molecule has 0 aliphatic carbocycles. The number of halogens is 3. The van der Waals surface area contributed by atoms with E-state index in [4.69, 9.17) is 0 Å². The maximum absolute atomic E-state index is 11.9. The minimum atomic E-state index is -3.29. The van der Waals surface area contributed by atoms with Gasteiger partial charge in [-0.25, -0.2) is 13.6 Å². The largest absolute Gasteiger partial charge is 0.411 e. The lowest BCUT2D eigenvalue weighted by Crippen LogP contribution is -2.29. The lowest BCUT2D eigenvalue weighted by atomic mass is 10.7. The fraction of sp³-hybridized carbons (Fsp3) is 0.800. The molecule has 6 heteroatoms. The minimum Gasteiger partial charge on any atom is -0.408 e. The highest BCUT2D eigenvalue weighted by Gasteiger charge is 2.23. The van der Waals surface area contributed by atoms with Crippen molar-refractivity contribution in [2.45, 2.75) is 12.8 Å². The first-order valence-electron chi connectivity index (χ1n) is 2.75. The summed E-state index contributed by atoms with van der Waals surface area (Å²) in [6, 6.07) is 0. The number of carbonyl (C=O) groups is 1. The van der Waals surface area contributed by atoms with Gasteiger partial charge in [-0.2, -0.15) is 4.39 Å². The van der Waals surface area contributed by atoms with E-state index in [-0.39, 0.29) is 0 Å². The normalized spacial score (nSPS) is 12.9. The zero-order valence-electron chi connectivity index (χ0n) is 6.05. The van der Waals surface area contributed by atoms with Gasteiger partial charge >= 0.3 is 18.9 Å². The van der Waals surface area contributed by atoms with Gasteiger partial charge in [-0.1, -0.05) is 0 Å². The third kappa shape index (κ3) is 3.69. The quantitative estimate of drug-likeness (QED) is 0.625. The molecule has 3 nitrogen and oxygen atoms in total. The van der Waals surface area contributed by atoms with Crippen LogP contribution in [0.3, 0.4) is 0 Å². The molecule has 0 rings (SSSR count). The van der Waals surface area contributed by atoms with Crippen LogP contribution in [-0.4, -0.2) is 37.9 Å². The summed E-state index contributed by atoms with van der Waals surface area (Å²) >= 11 is 0. The van der Waals surface area contributed by atoms with Crippen LogP contribution in [0.4, 0.5) is 18.0 Å². The Morgan fingerprint density at radius 3 is 2.09 bits per heavy atom. The fourth-order valence-corrected chi connectivity index (χ4v) is 0.253. The van der Waals surface area contributed by atoms with E-state index in [2.05, 4.69) is 4.74 Å². The van der Waals surface area contributed by atoms with Crippen molar-refractivity contribution < 1.29 is 22.7 Å². The van der Waals surface area contributed by atoms with E-state index in [1.54, 1.807) is 0 Å². The summed E-state index contributed by atoms with van der Waals surface area (Å²) in [6.45, 7) is 0. The van der Waals surface area contributed by atoms with Crippen LogP contribution < -0.4 is 0 Å². The molecule has 66 valence electrons. The number of amides is 1. The van der Waals surface area contributed by atoms with Gasteiger partial charge in [0.05, 0.1) is 0 Å². The van der Waals surface area contributed by atoms with Crippen molar-refractivity contribution in [3.63, 3.8) is 0 Å². The molecule has 0 N–H and O–H groups in total. The van der Waals surface area contributed by atoms with Gasteiger partial charge in [0.25, 0.3) is 0 Å². The Labute approximate surface area is 61.7 Å². The Bertz CT molecular complexity index is 140. The van der Waals surface area contributed by atoms with E-state index < -0.39 is 18.9 Å². The summed E-state index contributed by atoms with van der Waals surface area (Å²) < 4.78 is 38.3. The number of ether oxygens (including phenoxy) is 1. The predicted octanol–water partition coefficient (Wildman–Crippen LogP) is 1.25. The third-order valence-electron chi connectivity index (χ3n) is 0.777. The van der Waals surface area contributed by atoms with Crippen molar-refractivity contribution in [1.29, 1.82) is 0 Å². The third-order valence-corrected chi connectivity index (χ3v) is 0.777. The topological polar surface area (TPSA) is 29.5 Å². The van der Waals surface area contributed by atoms with E-state index in [9.17, 15) is 18.0 Å². The SMILES string of the molecule is CN(C)C(=O)OC(F)C(F)F. The highest BCUT2D eigenvalue weighted by Crippen LogP contribution is 2.07. The second kappa shape index (κ2) is 4.05. The van der Waals surface area contributed by atoms with E-state index in [0.29, 0.717) is 0 Å². The number of hydrogen-bond donors (Lipinski definition) is 0. The Balaban J connectivity index is 3.76. The van der Waals surface area contributed by atoms with Gasteiger partial charge in [0.1, 0.15) is 0 Å². The molecule has 0 radical (unpaired) electrons. The molecule has 1 amide bonds. The van der Waals surface area contributed by atoms with Crippen molar-refractivity contribution in [3.05, 3.63) is 0 Å². The van der Waals surface area contributed by atoms with Crippen molar-refractivity contribution in [2.75, 3.05) is 14.1 Å². The number of rotatable bonds is 2.